The summed E-state index contributed by atoms with van der Waals surface area (Å²) in [6.45, 7) is 4.25. The fourth-order valence-electron chi connectivity index (χ4n) is 5.90. The van der Waals surface area contributed by atoms with Crippen LogP contribution in [0.15, 0.2) is 58.2 Å². The summed E-state index contributed by atoms with van der Waals surface area (Å²) in [6.07, 6.45) is 10.5. The summed E-state index contributed by atoms with van der Waals surface area (Å²) >= 11 is 0. The Kier molecular flexibility index (Phi) is 4.36. The van der Waals surface area contributed by atoms with Crippen LogP contribution < -0.4 is 0 Å². The van der Waals surface area contributed by atoms with Gasteiger partial charge in [0, 0.05) is 23.2 Å². The van der Waals surface area contributed by atoms with E-state index >= 15 is 0 Å². The lowest BCUT2D eigenvalue weighted by Crippen LogP contribution is -2.41. The predicted octanol–water partition coefficient (Wildman–Crippen LogP) is 3.32. The first-order chi connectivity index (χ1) is 14.3. The monoisotopic (exact) mass is 402 g/mol. The van der Waals surface area contributed by atoms with Gasteiger partial charge in [0.05, 0.1) is 25.4 Å². The molecule has 4 aliphatic rings. The molecule has 4 atom stereocenters. The molecule has 4 rings (SSSR count). The van der Waals surface area contributed by atoms with E-state index in [-0.39, 0.29) is 22.8 Å². The lowest BCUT2D eigenvalue weighted by atomic mass is 9.56. The van der Waals surface area contributed by atoms with Gasteiger partial charge in [-0.25, -0.2) is 9.59 Å². The van der Waals surface area contributed by atoms with Gasteiger partial charge in [-0.3, -0.25) is 0 Å². The highest BCUT2D eigenvalue weighted by atomic mass is 16.5. The second-order valence-corrected chi connectivity index (χ2v) is 8.66. The van der Waals surface area contributed by atoms with Gasteiger partial charge in [0.2, 0.25) is 0 Å². The zero-order valence-corrected chi connectivity index (χ0v) is 17.4. The number of carbonyl (C=O) groups excluding carboxylic acids is 2. The quantitative estimate of drug-likeness (QED) is 0.399. The highest BCUT2D eigenvalue weighted by Gasteiger charge is 2.64. The highest BCUT2D eigenvalue weighted by molar-refractivity contribution is 6.05. The molecule has 0 aromatic carbocycles. The first-order valence-corrected chi connectivity index (χ1v) is 9.82. The lowest BCUT2D eigenvalue weighted by Gasteiger charge is -2.46. The van der Waals surface area contributed by atoms with Crippen molar-refractivity contribution in [2.24, 2.45) is 28.6 Å². The molecule has 4 aliphatic carbocycles. The minimum atomic E-state index is -0.866. The number of rotatable bonds is 2. The highest BCUT2D eigenvalue weighted by Crippen LogP contribution is 2.69. The molecular weight excluding hydrogens is 380 g/mol. The number of fused-ring (bicyclic) bond motifs is 3. The third kappa shape index (κ3) is 2.28. The molecular formula is C24H22N2O4. The molecule has 30 heavy (non-hydrogen) atoms. The predicted molar refractivity (Wildman–Crippen MR) is 107 cm³/mol. The number of methoxy groups -OCH3 is 2. The van der Waals surface area contributed by atoms with Crippen LogP contribution in [0.5, 0.6) is 0 Å². The van der Waals surface area contributed by atoms with Crippen LogP contribution in [0.4, 0.5) is 0 Å². The minimum Gasteiger partial charge on any atom is -0.466 e. The van der Waals surface area contributed by atoms with E-state index < -0.39 is 23.3 Å². The zero-order valence-electron chi connectivity index (χ0n) is 17.4. The number of hydrogen-bond acceptors (Lipinski definition) is 6. The van der Waals surface area contributed by atoms with E-state index in [0.717, 1.165) is 5.57 Å². The van der Waals surface area contributed by atoms with E-state index in [1.165, 1.54) is 14.2 Å². The Morgan fingerprint density at radius 1 is 1.07 bits per heavy atom. The van der Waals surface area contributed by atoms with Crippen LogP contribution >= 0.6 is 0 Å². The summed E-state index contributed by atoms with van der Waals surface area (Å²) in [4.78, 5) is 25.8. The van der Waals surface area contributed by atoms with Crippen LogP contribution in [0.2, 0.25) is 0 Å². The Morgan fingerprint density at radius 2 is 1.73 bits per heavy atom. The van der Waals surface area contributed by atoms with Crippen molar-refractivity contribution in [2.75, 3.05) is 14.2 Å². The van der Waals surface area contributed by atoms with Gasteiger partial charge in [-0.2, -0.15) is 10.5 Å². The summed E-state index contributed by atoms with van der Waals surface area (Å²) < 4.78 is 10.1. The zero-order chi connectivity index (χ0) is 21.8. The molecule has 152 valence electrons. The molecule has 0 amide bonds. The Morgan fingerprint density at radius 3 is 2.33 bits per heavy atom. The van der Waals surface area contributed by atoms with Crippen molar-refractivity contribution in [3.8, 4) is 12.1 Å². The molecule has 0 saturated heterocycles. The molecule has 0 N–H and O–H groups in total. The standard InChI is InChI=1S/C24H22N2O4/c1-23(2)15-5-7-16(14(11-25)12-26)17(8-6-15)24-10-13(9-18(23)24)19(21(27)29-3)20(24)22(28)30-4/h5-9,13,15,17H,10H2,1-4H3/t13-,15+,17+,24+/m0/s1. The van der Waals surface area contributed by atoms with Crippen molar-refractivity contribution >= 4 is 11.9 Å². The molecule has 0 saturated carbocycles. The first-order valence-electron chi connectivity index (χ1n) is 9.82. The average molecular weight is 402 g/mol. The Labute approximate surface area is 175 Å². The Bertz CT molecular complexity index is 1090. The maximum Gasteiger partial charge on any atom is 0.335 e. The molecule has 0 aliphatic heterocycles. The molecule has 0 unspecified atom stereocenters. The van der Waals surface area contributed by atoms with Crippen molar-refractivity contribution < 1.29 is 19.1 Å². The van der Waals surface area contributed by atoms with Gasteiger partial charge >= 0.3 is 11.9 Å². The SMILES string of the molecule is COC(=O)C1=C(C(=O)OC)[C@@]23C[C@@H]1C=C2C(C)(C)[C@@H]1C=CC(=C(C#N)C#N)[C@H]3C=C1. The summed E-state index contributed by atoms with van der Waals surface area (Å²) in [5.74, 6) is -1.82. The van der Waals surface area contributed by atoms with Crippen LogP contribution in [0, 0.1) is 51.2 Å². The number of ether oxygens (including phenoxy) is 2. The fourth-order valence-corrected chi connectivity index (χ4v) is 5.90. The van der Waals surface area contributed by atoms with Crippen LogP contribution in [0.3, 0.4) is 0 Å². The number of nitrogens with zero attached hydrogens (tertiary/aromatic N) is 2. The van der Waals surface area contributed by atoms with Crippen LogP contribution in [0.1, 0.15) is 20.3 Å². The number of nitriles is 2. The third-order valence-electron chi connectivity index (χ3n) is 7.17. The van der Waals surface area contributed by atoms with E-state index in [4.69, 9.17) is 9.47 Å². The van der Waals surface area contributed by atoms with Crippen LogP contribution in [-0.2, 0) is 19.1 Å². The second kappa shape index (κ2) is 6.57. The largest absolute Gasteiger partial charge is 0.466 e. The van der Waals surface area contributed by atoms with E-state index in [1.54, 1.807) is 0 Å². The van der Waals surface area contributed by atoms with E-state index in [1.807, 2.05) is 30.4 Å². The summed E-state index contributed by atoms with van der Waals surface area (Å²) in [7, 11) is 2.59. The van der Waals surface area contributed by atoms with Gasteiger partial charge in [0.1, 0.15) is 17.7 Å². The molecule has 6 heteroatoms. The van der Waals surface area contributed by atoms with Gasteiger partial charge in [-0.1, -0.05) is 49.8 Å². The van der Waals surface area contributed by atoms with Gasteiger partial charge in [-0.15, -0.1) is 0 Å². The molecule has 0 radical (unpaired) electrons. The third-order valence-corrected chi connectivity index (χ3v) is 7.17. The molecule has 1 spiro atoms. The summed E-state index contributed by atoms with van der Waals surface area (Å²) in [5, 5.41) is 19.2. The van der Waals surface area contributed by atoms with Crippen molar-refractivity contribution in [3.05, 3.63) is 58.2 Å². The van der Waals surface area contributed by atoms with Gasteiger partial charge in [0.15, 0.2) is 0 Å². The van der Waals surface area contributed by atoms with Crippen LogP contribution in [-0.4, -0.2) is 26.2 Å². The molecule has 0 fully saturated rings. The summed E-state index contributed by atoms with van der Waals surface area (Å²) in [5.41, 5.74) is 1.04. The van der Waals surface area contributed by atoms with Crippen molar-refractivity contribution in [3.63, 3.8) is 0 Å². The van der Waals surface area contributed by atoms with E-state index in [9.17, 15) is 20.1 Å². The van der Waals surface area contributed by atoms with Gasteiger partial charge in [0.25, 0.3) is 0 Å². The first kappa shape index (κ1) is 19.9. The molecule has 0 heterocycles. The average Bonchev–Trinajstić information content (AvgIpc) is 3.16. The molecule has 4 bridgehead atoms. The minimum absolute atomic E-state index is 0.00849. The fraction of sp³-hybridized carbons (Fsp3) is 0.417. The van der Waals surface area contributed by atoms with Crippen molar-refractivity contribution in [1.29, 1.82) is 10.5 Å². The molecule has 6 nitrogen and oxygen atoms in total. The number of allylic oxidation sites excluding steroid dienone is 8. The van der Waals surface area contributed by atoms with Crippen molar-refractivity contribution in [1.82, 2.24) is 0 Å². The lowest BCUT2D eigenvalue weighted by molar-refractivity contribution is -0.140. The van der Waals surface area contributed by atoms with Gasteiger partial charge in [-0.05, 0) is 17.4 Å². The second-order valence-electron chi connectivity index (χ2n) is 8.66. The van der Waals surface area contributed by atoms with E-state index in [0.29, 0.717) is 23.1 Å². The smallest absolute Gasteiger partial charge is 0.335 e. The van der Waals surface area contributed by atoms with Crippen molar-refractivity contribution in [2.45, 2.75) is 20.3 Å². The topological polar surface area (TPSA) is 100 Å². The number of hydrogen-bond donors (Lipinski definition) is 0. The van der Waals surface area contributed by atoms with Gasteiger partial charge < -0.3 is 9.47 Å². The summed E-state index contributed by atoms with van der Waals surface area (Å²) in [6, 6.07) is 4.00. The normalized spacial score (nSPS) is 31.9. The number of esters is 2. The molecule has 0 aromatic heterocycles. The number of carbonyl (C=O) groups is 2. The maximum absolute atomic E-state index is 13.1. The Hall–Kier alpha value is -3.38. The molecule has 0 aromatic rings. The maximum atomic E-state index is 13.1. The Balaban J connectivity index is 2.11. The van der Waals surface area contributed by atoms with E-state index in [2.05, 4.69) is 26.0 Å². The van der Waals surface area contributed by atoms with Crippen LogP contribution in [0.25, 0.3) is 0 Å².